The molecule has 1 saturated heterocycles. The van der Waals surface area contributed by atoms with Crippen LogP contribution in [0.2, 0.25) is 0 Å². The molecule has 0 amide bonds. The molecule has 0 aliphatic carbocycles. The predicted octanol–water partition coefficient (Wildman–Crippen LogP) is 2.97. The summed E-state index contributed by atoms with van der Waals surface area (Å²) in [7, 11) is 2.06. The van der Waals surface area contributed by atoms with Crippen LogP contribution in [0.4, 0.5) is 0 Å². The molecule has 1 N–H and O–H groups in total. The van der Waals surface area contributed by atoms with Crippen molar-refractivity contribution in [3.05, 3.63) is 0 Å². The number of hydrogen-bond donors (Lipinski definition) is 1. The molecule has 90 valence electrons. The van der Waals surface area contributed by atoms with Crippen molar-refractivity contribution in [2.45, 2.75) is 65.0 Å². The average molecular weight is 213 g/mol. The van der Waals surface area contributed by atoms with Gasteiger partial charge in [0.05, 0.1) is 6.10 Å². The van der Waals surface area contributed by atoms with Gasteiger partial charge in [0.2, 0.25) is 0 Å². The van der Waals surface area contributed by atoms with Crippen molar-refractivity contribution in [3.63, 3.8) is 0 Å². The van der Waals surface area contributed by atoms with E-state index in [0.29, 0.717) is 17.6 Å². The number of hydrogen-bond acceptors (Lipinski definition) is 2. The molecule has 1 heterocycles. The van der Waals surface area contributed by atoms with Crippen molar-refractivity contribution in [2.24, 2.45) is 5.41 Å². The van der Waals surface area contributed by atoms with Crippen LogP contribution in [-0.2, 0) is 4.74 Å². The van der Waals surface area contributed by atoms with Crippen molar-refractivity contribution in [1.82, 2.24) is 5.32 Å². The maximum Gasteiger partial charge on any atom is 0.0727 e. The largest absolute Gasteiger partial charge is 0.377 e. The molecule has 1 rings (SSSR count). The van der Waals surface area contributed by atoms with Crippen LogP contribution in [0, 0.1) is 5.41 Å². The summed E-state index contributed by atoms with van der Waals surface area (Å²) < 4.78 is 5.83. The van der Waals surface area contributed by atoms with Gasteiger partial charge in [0.25, 0.3) is 0 Å². The summed E-state index contributed by atoms with van der Waals surface area (Å²) in [5, 5.41) is 3.42. The highest BCUT2D eigenvalue weighted by atomic mass is 16.5. The van der Waals surface area contributed by atoms with E-state index in [9.17, 15) is 0 Å². The van der Waals surface area contributed by atoms with Crippen LogP contribution in [0.5, 0.6) is 0 Å². The molecule has 0 aromatic heterocycles. The Hall–Kier alpha value is -0.0800. The Morgan fingerprint density at radius 2 is 2.07 bits per heavy atom. The molecule has 1 aliphatic rings. The Morgan fingerprint density at radius 3 is 2.53 bits per heavy atom. The van der Waals surface area contributed by atoms with E-state index in [1.165, 1.54) is 32.1 Å². The van der Waals surface area contributed by atoms with Crippen LogP contribution in [0.1, 0.15) is 52.9 Å². The zero-order valence-electron chi connectivity index (χ0n) is 10.8. The van der Waals surface area contributed by atoms with Gasteiger partial charge in [0.15, 0.2) is 0 Å². The Labute approximate surface area is 94.8 Å². The second-order valence-electron chi connectivity index (χ2n) is 5.90. The van der Waals surface area contributed by atoms with E-state index >= 15 is 0 Å². The summed E-state index contributed by atoms with van der Waals surface area (Å²) in [6, 6.07) is 0.546. The lowest BCUT2D eigenvalue weighted by Crippen LogP contribution is -2.41. The summed E-state index contributed by atoms with van der Waals surface area (Å²) in [6.07, 6.45) is 6.74. The number of nitrogens with one attached hydrogen (secondary N) is 1. The quantitative estimate of drug-likeness (QED) is 0.775. The van der Waals surface area contributed by atoms with Gasteiger partial charge < -0.3 is 10.1 Å². The molecule has 1 aliphatic heterocycles. The molecule has 2 atom stereocenters. The first-order valence-electron chi connectivity index (χ1n) is 6.32. The van der Waals surface area contributed by atoms with Gasteiger partial charge in [-0.25, -0.2) is 0 Å². The lowest BCUT2D eigenvalue weighted by molar-refractivity contribution is -0.00962. The first kappa shape index (κ1) is 13.0. The third-order valence-electron chi connectivity index (χ3n) is 3.24. The van der Waals surface area contributed by atoms with E-state index in [1.54, 1.807) is 0 Å². The summed E-state index contributed by atoms with van der Waals surface area (Å²) in [6.45, 7) is 7.88. The third kappa shape index (κ3) is 4.98. The molecule has 15 heavy (non-hydrogen) atoms. The topological polar surface area (TPSA) is 21.3 Å². The number of likely N-dealkylation sites (N-methyl/N-ethyl adjacent to an activating group) is 1. The molecule has 0 bridgehead atoms. The molecular formula is C13H27NO. The van der Waals surface area contributed by atoms with E-state index in [0.717, 1.165) is 6.61 Å². The van der Waals surface area contributed by atoms with Gasteiger partial charge in [-0.05, 0) is 44.6 Å². The van der Waals surface area contributed by atoms with Crippen molar-refractivity contribution >= 4 is 0 Å². The van der Waals surface area contributed by atoms with E-state index in [4.69, 9.17) is 4.74 Å². The minimum Gasteiger partial charge on any atom is -0.377 e. The first-order chi connectivity index (χ1) is 7.03. The van der Waals surface area contributed by atoms with Gasteiger partial charge in [-0.1, -0.05) is 20.8 Å². The SMILES string of the molecule is CNC(CCC(C)(C)C)C1CCCCO1. The normalized spacial score (nSPS) is 25.2. The van der Waals surface area contributed by atoms with Gasteiger partial charge in [0, 0.05) is 12.6 Å². The van der Waals surface area contributed by atoms with E-state index < -0.39 is 0 Å². The maximum absolute atomic E-state index is 5.83. The average Bonchev–Trinajstić information content (AvgIpc) is 2.19. The molecule has 0 aromatic carbocycles. The van der Waals surface area contributed by atoms with Gasteiger partial charge in [-0.2, -0.15) is 0 Å². The lowest BCUT2D eigenvalue weighted by atomic mass is 9.86. The molecule has 0 saturated carbocycles. The summed E-state index contributed by atoms with van der Waals surface area (Å²) >= 11 is 0. The fraction of sp³-hybridized carbons (Fsp3) is 1.00. The molecule has 0 radical (unpaired) electrons. The van der Waals surface area contributed by atoms with Gasteiger partial charge in [-0.3, -0.25) is 0 Å². The lowest BCUT2D eigenvalue weighted by Gasteiger charge is -2.32. The van der Waals surface area contributed by atoms with Crippen LogP contribution in [0.3, 0.4) is 0 Å². The Bertz CT molecular complexity index is 168. The molecule has 2 heteroatoms. The molecule has 0 aromatic rings. The van der Waals surface area contributed by atoms with Gasteiger partial charge in [-0.15, -0.1) is 0 Å². The minimum atomic E-state index is 0.434. The highest BCUT2D eigenvalue weighted by molar-refractivity contribution is 4.80. The monoisotopic (exact) mass is 213 g/mol. The van der Waals surface area contributed by atoms with Crippen molar-refractivity contribution in [1.29, 1.82) is 0 Å². The molecule has 0 spiro atoms. The van der Waals surface area contributed by atoms with Crippen molar-refractivity contribution < 1.29 is 4.74 Å². The van der Waals surface area contributed by atoms with Crippen molar-refractivity contribution in [3.8, 4) is 0 Å². The number of ether oxygens (including phenoxy) is 1. The van der Waals surface area contributed by atoms with Crippen LogP contribution in [-0.4, -0.2) is 25.8 Å². The third-order valence-corrected chi connectivity index (χ3v) is 3.24. The summed E-state index contributed by atoms with van der Waals surface area (Å²) in [5.74, 6) is 0. The zero-order chi connectivity index (χ0) is 11.3. The smallest absolute Gasteiger partial charge is 0.0727 e. The second kappa shape index (κ2) is 5.86. The van der Waals surface area contributed by atoms with E-state index in [-0.39, 0.29) is 0 Å². The van der Waals surface area contributed by atoms with Crippen LogP contribution in [0.25, 0.3) is 0 Å². The Balaban J connectivity index is 2.34. The molecular weight excluding hydrogens is 186 g/mol. The predicted molar refractivity (Wildman–Crippen MR) is 65.1 cm³/mol. The van der Waals surface area contributed by atoms with Crippen LogP contribution in [0.15, 0.2) is 0 Å². The Morgan fingerprint density at radius 1 is 1.33 bits per heavy atom. The zero-order valence-corrected chi connectivity index (χ0v) is 10.8. The highest BCUT2D eigenvalue weighted by Crippen LogP contribution is 2.25. The maximum atomic E-state index is 5.83. The fourth-order valence-electron chi connectivity index (χ4n) is 2.19. The second-order valence-corrected chi connectivity index (χ2v) is 5.90. The summed E-state index contributed by atoms with van der Waals surface area (Å²) in [5.41, 5.74) is 0.434. The first-order valence-corrected chi connectivity index (χ1v) is 6.32. The van der Waals surface area contributed by atoms with Gasteiger partial charge in [0.1, 0.15) is 0 Å². The summed E-state index contributed by atoms with van der Waals surface area (Å²) in [4.78, 5) is 0. The van der Waals surface area contributed by atoms with E-state index in [1.807, 2.05) is 0 Å². The van der Waals surface area contributed by atoms with Gasteiger partial charge >= 0.3 is 0 Å². The van der Waals surface area contributed by atoms with Crippen molar-refractivity contribution in [2.75, 3.05) is 13.7 Å². The highest BCUT2D eigenvalue weighted by Gasteiger charge is 2.24. The fourth-order valence-corrected chi connectivity index (χ4v) is 2.19. The Kier molecular flexibility index (Phi) is 5.07. The van der Waals surface area contributed by atoms with Crippen LogP contribution >= 0.6 is 0 Å². The number of rotatable bonds is 4. The van der Waals surface area contributed by atoms with E-state index in [2.05, 4.69) is 33.1 Å². The minimum absolute atomic E-state index is 0.434. The molecule has 1 fully saturated rings. The molecule has 2 unspecified atom stereocenters. The van der Waals surface area contributed by atoms with Crippen LogP contribution < -0.4 is 5.32 Å². The molecule has 2 nitrogen and oxygen atoms in total. The standard InChI is InChI=1S/C13H27NO/c1-13(2,3)9-8-11(14-4)12-7-5-6-10-15-12/h11-12,14H,5-10H2,1-4H3.